The Kier molecular flexibility index (Phi) is 5.32. The first-order chi connectivity index (χ1) is 13.0. The first-order valence-electron chi connectivity index (χ1n) is 9.76. The van der Waals surface area contributed by atoms with E-state index in [0.29, 0.717) is 12.8 Å². The molecule has 1 unspecified atom stereocenters. The molecule has 4 nitrogen and oxygen atoms in total. The fourth-order valence-corrected chi connectivity index (χ4v) is 4.91. The zero-order chi connectivity index (χ0) is 19.0. The Morgan fingerprint density at radius 1 is 1.11 bits per heavy atom. The van der Waals surface area contributed by atoms with E-state index in [1.165, 1.54) is 25.7 Å². The number of nitrogens with zero attached hydrogens (tertiary/aromatic N) is 3. The fourth-order valence-electron chi connectivity index (χ4n) is 4.46. The summed E-state index contributed by atoms with van der Waals surface area (Å²) in [5, 5.41) is 12.4. The first kappa shape index (κ1) is 19.0. The Labute approximate surface area is 170 Å². The van der Waals surface area contributed by atoms with Gasteiger partial charge < -0.3 is 10.0 Å². The molecule has 0 saturated carbocycles. The van der Waals surface area contributed by atoms with Gasteiger partial charge in [0.25, 0.3) is 0 Å². The lowest BCUT2D eigenvalue weighted by atomic mass is 9.89. The van der Waals surface area contributed by atoms with Crippen molar-refractivity contribution in [1.82, 2.24) is 9.97 Å². The highest BCUT2D eigenvalue weighted by Gasteiger charge is 2.39. The average Bonchev–Trinajstić information content (AvgIpc) is 2.83. The standard InChI is InChI=1S/C21H25Cl2N3O/c1-14-18(13-21(27)10-9-15-16(21)7-6-8-17(15)22)24-20(23)25-19(14)26-11-4-2-3-5-12-26/h6-8,27H,2-5,9-13H2,1H3. The van der Waals surface area contributed by atoms with Crippen LogP contribution in [0, 0.1) is 6.92 Å². The highest BCUT2D eigenvalue weighted by molar-refractivity contribution is 6.31. The molecule has 0 radical (unpaired) electrons. The van der Waals surface area contributed by atoms with E-state index in [9.17, 15) is 5.11 Å². The molecule has 0 amide bonds. The zero-order valence-electron chi connectivity index (χ0n) is 15.6. The summed E-state index contributed by atoms with van der Waals surface area (Å²) in [6, 6.07) is 5.76. The molecule has 1 aliphatic carbocycles. The third-order valence-electron chi connectivity index (χ3n) is 5.97. The lowest BCUT2D eigenvalue weighted by Crippen LogP contribution is -2.29. The molecule has 2 heterocycles. The van der Waals surface area contributed by atoms with Crippen LogP contribution in [0.1, 0.15) is 54.5 Å². The highest BCUT2D eigenvalue weighted by atomic mass is 35.5. The van der Waals surface area contributed by atoms with Gasteiger partial charge in [-0.25, -0.2) is 9.97 Å². The van der Waals surface area contributed by atoms with Crippen LogP contribution in [0.4, 0.5) is 5.82 Å². The van der Waals surface area contributed by atoms with Crippen molar-refractivity contribution in [2.45, 2.75) is 57.5 Å². The van der Waals surface area contributed by atoms with Crippen LogP contribution in [0.15, 0.2) is 18.2 Å². The summed E-state index contributed by atoms with van der Waals surface area (Å²) in [6.45, 7) is 4.04. The summed E-state index contributed by atoms with van der Waals surface area (Å²) < 4.78 is 0. The number of aromatic nitrogens is 2. The van der Waals surface area contributed by atoms with Crippen molar-refractivity contribution in [3.05, 3.63) is 50.9 Å². The molecular weight excluding hydrogens is 381 g/mol. The Bertz CT molecular complexity index is 850. The van der Waals surface area contributed by atoms with E-state index in [2.05, 4.69) is 14.9 Å². The third kappa shape index (κ3) is 3.67. The van der Waals surface area contributed by atoms with Gasteiger partial charge in [0.15, 0.2) is 0 Å². The van der Waals surface area contributed by atoms with Gasteiger partial charge in [0, 0.05) is 30.1 Å². The van der Waals surface area contributed by atoms with Crippen LogP contribution in [0.5, 0.6) is 0 Å². The van der Waals surface area contributed by atoms with Crippen molar-refractivity contribution in [2.24, 2.45) is 0 Å². The Morgan fingerprint density at radius 3 is 2.59 bits per heavy atom. The highest BCUT2D eigenvalue weighted by Crippen LogP contribution is 2.42. The van der Waals surface area contributed by atoms with Crippen molar-refractivity contribution in [2.75, 3.05) is 18.0 Å². The average molecular weight is 406 g/mol. The van der Waals surface area contributed by atoms with Crippen LogP contribution in [0.25, 0.3) is 0 Å². The zero-order valence-corrected chi connectivity index (χ0v) is 17.2. The van der Waals surface area contributed by atoms with Crippen LogP contribution in [0.2, 0.25) is 10.3 Å². The summed E-state index contributed by atoms with van der Waals surface area (Å²) in [5.41, 5.74) is 2.85. The van der Waals surface area contributed by atoms with Gasteiger partial charge in [0.05, 0.1) is 11.3 Å². The number of benzene rings is 1. The number of halogens is 2. The van der Waals surface area contributed by atoms with E-state index in [1.807, 2.05) is 25.1 Å². The van der Waals surface area contributed by atoms with E-state index in [0.717, 1.165) is 52.7 Å². The van der Waals surface area contributed by atoms with Crippen molar-refractivity contribution in [1.29, 1.82) is 0 Å². The monoisotopic (exact) mass is 405 g/mol. The van der Waals surface area contributed by atoms with Gasteiger partial charge in [-0.3, -0.25) is 0 Å². The van der Waals surface area contributed by atoms with E-state index >= 15 is 0 Å². The van der Waals surface area contributed by atoms with Gasteiger partial charge in [0.2, 0.25) is 5.28 Å². The van der Waals surface area contributed by atoms with Crippen LogP contribution in [-0.4, -0.2) is 28.2 Å². The Morgan fingerprint density at radius 2 is 1.85 bits per heavy atom. The smallest absolute Gasteiger partial charge is 0.224 e. The van der Waals surface area contributed by atoms with E-state index < -0.39 is 5.60 Å². The lowest BCUT2D eigenvalue weighted by molar-refractivity contribution is 0.0378. The predicted molar refractivity (Wildman–Crippen MR) is 110 cm³/mol. The maximum atomic E-state index is 11.4. The minimum absolute atomic E-state index is 0.253. The van der Waals surface area contributed by atoms with Crippen LogP contribution in [0.3, 0.4) is 0 Å². The van der Waals surface area contributed by atoms with Gasteiger partial charge in [-0.1, -0.05) is 36.6 Å². The molecule has 2 aliphatic rings. The molecule has 1 aromatic carbocycles. The third-order valence-corrected chi connectivity index (χ3v) is 6.49. The minimum atomic E-state index is -0.960. The summed E-state index contributed by atoms with van der Waals surface area (Å²) in [5.74, 6) is 0.916. The van der Waals surface area contributed by atoms with Crippen molar-refractivity contribution >= 4 is 29.0 Å². The molecule has 1 atom stereocenters. The van der Waals surface area contributed by atoms with Crippen molar-refractivity contribution < 1.29 is 5.11 Å². The molecule has 0 bridgehead atoms. The van der Waals surface area contributed by atoms with Gasteiger partial charge in [-0.15, -0.1) is 0 Å². The van der Waals surface area contributed by atoms with Crippen molar-refractivity contribution in [3.63, 3.8) is 0 Å². The van der Waals surface area contributed by atoms with E-state index in [1.54, 1.807) is 0 Å². The molecule has 4 rings (SSSR count). The number of anilines is 1. The number of hydrogen-bond donors (Lipinski definition) is 1. The molecule has 1 N–H and O–H groups in total. The summed E-state index contributed by atoms with van der Waals surface area (Å²) in [7, 11) is 0. The molecule has 6 heteroatoms. The Hall–Kier alpha value is -1.36. The van der Waals surface area contributed by atoms with E-state index in [4.69, 9.17) is 23.2 Å². The number of hydrogen-bond acceptors (Lipinski definition) is 4. The van der Waals surface area contributed by atoms with Gasteiger partial charge in [-0.2, -0.15) is 0 Å². The first-order valence-corrected chi connectivity index (χ1v) is 10.5. The van der Waals surface area contributed by atoms with Gasteiger partial charge in [0.1, 0.15) is 5.82 Å². The van der Waals surface area contributed by atoms with Gasteiger partial charge >= 0.3 is 0 Å². The van der Waals surface area contributed by atoms with Crippen LogP contribution < -0.4 is 4.90 Å². The second kappa shape index (κ2) is 7.57. The molecule has 144 valence electrons. The summed E-state index contributed by atoms with van der Waals surface area (Å²) in [4.78, 5) is 11.3. The second-order valence-corrected chi connectivity index (χ2v) is 8.51. The Balaban J connectivity index is 1.68. The molecule has 1 aliphatic heterocycles. The topological polar surface area (TPSA) is 49.3 Å². The SMILES string of the molecule is Cc1c(CC2(O)CCc3c(Cl)cccc32)nc(Cl)nc1N1CCCCCC1. The molecule has 1 fully saturated rings. The van der Waals surface area contributed by atoms with Gasteiger partial charge in [-0.05, 0) is 61.4 Å². The van der Waals surface area contributed by atoms with Crippen LogP contribution in [-0.2, 0) is 18.4 Å². The quantitative estimate of drug-likeness (QED) is 0.741. The largest absolute Gasteiger partial charge is 0.385 e. The second-order valence-electron chi connectivity index (χ2n) is 7.76. The molecular formula is C21H25Cl2N3O. The van der Waals surface area contributed by atoms with Crippen molar-refractivity contribution in [3.8, 4) is 0 Å². The molecule has 1 aromatic heterocycles. The predicted octanol–water partition coefficient (Wildman–Crippen LogP) is 4.85. The minimum Gasteiger partial charge on any atom is -0.385 e. The summed E-state index contributed by atoms with van der Waals surface area (Å²) >= 11 is 12.6. The molecule has 0 spiro atoms. The molecule has 1 saturated heterocycles. The molecule has 27 heavy (non-hydrogen) atoms. The fraction of sp³-hybridized carbons (Fsp3) is 0.524. The normalized spacial score (nSPS) is 22.6. The number of fused-ring (bicyclic) bond motifs is 1. The lowest BCUT2D eigenvalue weighted by Gasteiger charge is -2.27. The number of rotatable bonds is 3. The van der Waals surface area contributed by atoms with E-state index in [-0.39, 0.29) is 5.28 Å². The number of aliphatic hydroxyl groups is 1. The summed E-state index contributed by atoms with van der Waals surface area (Å²) in [6.07, 6.45) is 6.72. The maximum Gasteiger partial charge on any atom is 0.224 e. The molecule has 2 aromatic rings. The van der Waals surface area contributed by atoms with Crippen LogP contribution >= 0.6 is 23.2 Å². The maximum absolute atomic E-state index is 11.4.